The Morgan fingerprint density at radius 1 is 1.55 bits per heavy atom. The molecule has 0 aromatic heterocycles. The van der Waals surface area contributed by atoms with E-state index in [0.29, 0.717) is 0 Å². The van der Waals surface area contributed by atoms with Gasteiger partial charge in [0.25, 0.3) is 0 Å². The largest absolute Gasteiger partial charge is 0.295 e. The highest BCUT2D eigenvalue weighted by molar-refractivity contribution is 5.09. The van der Waals surface area contributed by atoms with Crippen molar-refractivity contribution in [2.75, 3.05) is 13.1 Å². The van der Waals surface area contributed by atoms with Crippen LogP contribution in [-0.4, -0.2) is 29.7 Å². The molecule has 0 spiro atoms. The van der Waals surface area contributed by atoms with Crippen LogP contribution in [0.1, 0.15) is 32.6 Å². The van der Waals surface area contributed by atoms with Crippen molar-refractivity contribution in [3.05, 3.63) is 0 Å². The smallest absolute Gasteiger partial charge is 0.120 e. The Balaban J connectivity index is 2.08. The van der Waals surface area contributed by atoms with Crippen molar-refractivity contribution in [2.24, 2.45) is 0 Å². The van der Waals surface area contributed by atoms with Gasteiger partial charge in [0, 0.05) is 13.1 Å². The van der Waals surface area contributed by atoms with Gasteiger partial charge in [0.1, 0.15) is 6.17 Å². The van der Waals surface area contributed by atoms with Gasteiger partial charge in [-0.2, -0.15) is 0 Å². The molecule has 2 heterocycles. The average Bonchev–Trinajstić information content (AvgIpc) is 2.14. The van der Waals surface area contributed by atoms with Crippen LogP contribution in [0.2, 0.25) is 0 Å². The van der Waals surface area contributed by atoms with Gasteiger partial charge in [0.05, 0.1) is 5.54 Å². The van der Waals surface area contributed by atoms with Crippen LogP contribution < -0.4 is 0 Å². The van der Waals surface area contributed by atoms with E-state index in [0.717, 1.165) is 38.8 Å². The Bertz CT molecular complexity index is 152. The van der Waals surface area contributed by atoms with Crippen molar-refractivity contribution < 1.29 is 4.39 Å². The Kier molecular flexibility index (Phi) is 1.67. The zero-order valence-corrected chi connectivity index (χ0v) is 7.15. The molecule has 2 atom stereocenters. The summed E-state index contributed by atoms with van der Waals surface area (Å²) >= 11 is 0. The van der Waals surface area contributed by atoms with Crippen molar-refractivity contribution in [1.82, 2.24) is 4.90 Å². The minimum Gasteiger partial charge on any atom is -0.295 e. The summed E-state index contributed by atoms with van der Waals surface area (Å²) in [6.07, 6.45) is 3.53. The van der Waals surface area contributed by atoms with Gasteiger partial charge in [-0.15, -0.1) is 0 Å². The lowest BCUT2D eigenvalue weighted by Crippen LogP contribution is -2.59. The molecule has 0 aromatic rings. The fourth-order valence-corrected chi connectivity index (χ4v) is 2.66. The van der Waals surface area contributed by atoms with Crippen molar-refractivity contribution in [2.45, 2.75) is 44.3 Å². The first kappa shape index (κ1) is 7.53. The zero-order chi connectivity index (χ0) is 7.90. The topological polar surface area (TPSA) is 3.24 Å². The molecule has 2 aliphatic heterocycles. The number of hydrogen-bond acceptors (Lipinski definition) is 1. The summed E-state index contributed by atoms with van der Waals surface area (Å²) in [5.41, 5.74) is 0.00868. The van der Waals surface area contributed by atoms with Gasteiger partial charge in [-0.3, -0.25) is 4.90 Å². The summed E-state index contributed by atoms with van der Waals surface area (Å²) in [7, 11) is 0. The van der Waals surface area contributed by atoms with Crippen LogP contribution in [0.3, 0.4) is 0 Å². The molecule has 2 fully saturated rings. The quantitative estimate of drug-likeness (QED) is 0.592. The SMILES string of the molecule is CCC[C@]12CCN1CC[C@H]2F. The van der Waals surface area contributed by atoms with Gasteiger partial charge >= 0.3 is 0 Å². The van der Waals surface area contributed by atoms with Crippen LogP contribution in [0.5, 0.6) is 0 Å². The first-order valence-corrected chi connectivity index (χ1v) is 4.69. The fraction of sp³-hybridized carbons (Fsp3) is 1.00. The predicted molar refractivity (Wildman–Crippen MR) is 43.3 cm³/mol. The molecule has 0 aliphatic carbocycles. The van der Waals surface area contributed by atoms with Crippen LogP contribution >= 0.6 is 0 Å². The van der Waals surface area contributed by atoms with Crippen LogP contribution in [0.25, 0.3) is 0 Å². The fourth-order valence-electron chi connectivity index (χ4n) is 2.66. The second-order valence-electron chi connectivity index (χ2n) is 3.85. The Morgan fingerprint density at radius 2 is 2.36 bits per heavy atom. The summed E-state index contributed by atoms with van der Waals surface area (Å²) in [4.78, 5) is 2.33. The van der Waals surface area contributed by atoms with Crippen molar-refractivity contribution >= 4 is 0 Å². The Hall–Kier alpha value is -0.110. The van der Waals surface area contributed by atoms with Crippen LogP contribution in [0.15, 0.2) is 0 Å². The van der Waals surface area contributed by atoms with Crippen LogP contribution in [0, 0.1) is 0 Å². The number of fused-ring (bicyclic) bond motifs is 1. The van der Waals surface area contributed by atoms with E-state index < -0.39 is 6.17 Å². The molecule has 11 heavy (non-hydrogen) atoms. The molecule has 0 amide bonds. The molecule has 2 saturated heterocycles. The summed E-state index contributed by atoms with van der Waals surface area (Å²) in [5, 5.41) is 0. The molecule has 0 unspecified atom stereocenters. The van der Waals surface area contributed by atoms with Gasteiger partial charge in [0.15, 0.2) is 0 Å². The number of rotatable bonds is 2. The monoisotopic (exact) mass is 157 g/mol. The number of hydrogen-bond donors (Lipinski definition) is 0. The highest BCUT2D eigenvalue weighted by Gasteiger charge is 2.54. The molecule has 0 bridgehead atoms. The number of alkyl halides is 1. The van der Waals surface area contributed by atoms with Crippen LogP contribution in [-0.2, 0) is 0 Å². The molecule has 0 aromatic carbocycles. The number of nitrogens with zero attached hydrogens (tertiary/aromatic N) is 1. The van der Waals surface area contributed by atoms with Gasteiger partial charge < -0.3 is 0 Å². The van der Waals surface area contributed by atoms with E-state index >= 15 is 0 Å². The third kappa shape index (κ3) is 0.851. The molecule has 64 valence electrons. The maximum absolute atomic E-state index is 13.4. The van der Waals surface area contributed by atoms with E-state index in [4.69, 9.17) is 0 Å². The highest BCUT2D eigenvalue weighted by Crippen LogP contribution is 2.45. The summed E-state index contributed by atoms with van der Waals surface area (Å²) in [5.74, 6) is 0. The summed E-state index contributed by atoms with van der Waals surface area (Å²) < 4.78 is 13.4. The molecule has 0 radical (unpaired) electrons. The van der Waals surface area contributed by atoms with Crippen molar-refractivity contribution in [3.63, 3.8) is 0 Å². The van der Waals surface area contributed by atoms with Crippen LogP contribution in [0.4, 0.5) is 4.39 Å². The lowest BCUT2D eigenvalue weighted by atomic mass is 9.80. The average molecular weight is 157 g/mol. The van der Waals surface area contributed by atoms with Gasteiger partial charge in [0.2, 0.25) is 0 Å². The number of halogens is 1. The highest BCUT2D eigenvalue weighted by atomic mass is 19.1. The van der Waals surface area contributed by atoms with E-state index in [2.05, 4.69) is 11.8 Å². The van der Waals surface area contributed by atoms with Gasteiger partial charge in [-0.05, 0) is 19.3 Å². The Labute approximate surface area is 67.6 Å². The maximum atomic E-state index is 13.4. The molecule has 0 saturated carbocycles. The zero-order valence-electron chi connectivity index (χ0n) is 7.15. The molecule has 2 aliphatic rings. The van der Waals surface area contributed by atoms with E-state index in [-0.39, 0.29) is 5.54 Å². The van der Waals surface area contributed by atoms with Crippen molar-refractivity contribution in [1.29, 1.82) is 0 Å². The van der Waals surface area contributed by atoms with Crippen molar-refractivity contribution in [3.8, 4) is 0 Å². The normalized spacial score (nSPS) is 43.6. The molecule has 2 heteroatoms. The van der Waals surface area contributed by atoms with Gasteiger partial charge in [-0.1, -0.05) is 13.3 Å². The second-order valence-corrected chi connectivity index (χ2v) is 3.85. The van der Waals surface area contributed by atoms with E-state index in [1.807, 2.05) is 0 Å². The summed E-state index contributed by atoms with van der Waals surface area (Å²) in [6, 6.07) is 0. The Morgan fingerprint density at radius 3 is 2.82 bits per heavy atom. The predicted octanol–water partition coefficient (Wildman–Crippen LogP) is 1.97. The second kappa shape index (κ2) is 2.44. The maximum Gasteiger partial charge on any atom is 0.120 e. The minimum atomic E-state index is -0.531. The molecule has 0 N–H and O–H groups in total. The van der Waals surface area contributed by atoms with E-state index in [1.165, 1.54) is 0 Å². The summed E-state index contributed by atoms with van der Waals surface area (Å²) in [6.45, 7) is 4.29. The first-order chi connectivity index (χ1) is 5.29. The molecular formula is C9H16FN. The van der Waals surface area contributed by atoms with E-state index in [9.17, 15) is 4.39 Å². The molecule has 2 rings (SSSR count). The lowest BCUT2D eigenvalue weighted by molar-refractivity contribution is -0.0218. The standard InChI is InChI=1S/C9H16FN/c1-2-4-9-5-7-11(9)6-3-8(9)10/h8H,2-7H2,1H3/t8-,9-/m1/s1. The lowest BCUT2D eigenvalue weighted by Gasteiger charge is -2.49. The minimum absolute atomic E-state index is 0.00868. The molecule has 1 nitrogen and oxygen atoms in total. The third-order valence-corrected chi connectivity index (χ3v) is 3.36. The first-order valence-electron chi connectivity index (χ1n) is 4.69. The molecular weight excluding hydrogens is 141 g/mol. The van der Waals surface area contributed by atoms with E-state index in [1.54, 1.807) is 0 Å². The third-order valence-electron chi connectivity index (χ3n) is 3.36. The van der Waals surface area contributed by atoms with Gasteiger partial charge in [-0.25, -0.2) is 4.39 Å².